The summed E-state index contributed by atoms with van der Waals surface area (Å²) in [4.78, 5) is 0. The number of benzene rings is 1. The quantitative estimate of drug-likeness (QED) is 0.718. The fourth-order valence-electron chi connectivity index (χ4n) is 1.77. The predicted octanol–water partition coefficient (Wildman–Crippen LogP) is 3.63. The van der Waals surface area contributed by atoms with Crippen molar-refractivity contribution in [3.63, 3.8) is 0 Å². The molecule has 0 fully saturated rings. The lowest BCUT2D eigenvalue weighted by Gasteiger charge is -2.14. The second-order valence-corrected chi connectivity index (χ2v) is 6.25. The minimum absolute atomic E-state index is 0.187. The van der Waals surface area contributed by atoms with Gasteiger partial charge in [-0.25, -0.2) is 0 Å². The predicted molar refractivity (Wildman–Crippen MR) is 88.9 cm³/mol. The molecule has 2 N–H and O–H groups in total. The summed E-state index contributed by atoms with van der Waals surface area (Å²) in [5, 5.41) is 18.3. The van der Waals surface area contributed by atoms with Crippen molar-refractivity contribution in [2.24, 2.45) is 0 Å². The zero-order valence-electron chi connectivity index (χ0n) is 11.4. The van der Waals surface area contributed by atoms with E-state index in [-0.39, 0.29) is 6.61 Å². The van der Waals surface area contributed by atoms with Crippen LogP contribution in [0.15, 0.2) is 35.0 Å². The Labute approximate surface area is 138 Å². The van der Waals surface area contributed by atoms with E-state index in [0.717, 1.165) is 13.0 Å². The number of hydrogen-bond donors (Lipinski definition) is 2. The highest BCUT2D eigenvalue weighted by Crippen LogP contribution is 2.27. The van der Waals surface area contributed by atoms with Crippen molar-refractivity contribution in [2.45, 2.75) is 12.5 Å². The van der Waals surface area contributed by atoms with Crippen LogP contribution in [0.4, 0.5) is 0 Å². The maximum atomic E-state index is 9.86. The molecule has 3 nitrogen and oxygen atoms in total. The molecule has 2 aromatic rings. The number of nitrogens with one attached hydrogen (secondary N) is 1. The van der Waals surface area contributed by atoms with E-state index in [1.807, 2.05) is 0 Å². The highest BCUT2D eigenvalue weighted by Gasteiger charge is 2.07. The van der Waals surface area contributed by atoms with Gasteiger partial charge in [0.25, 0.3) is 0 Å². The maximum absolute atomic E-state index is 9.86. The number of aliphatic hydroxyl groups is 1. The average Bonchev–Trinajstić information content (AvgIpc) is 2.96. The van der Waals surface area contributed by atoms with Gasteiger partial charge in [-0.1, -0.05) is 23.2 Å². The van der Waals surface area contributed by atoms with E-state index in [1.54, 1.807) is 29.5 Å². The molecular formula is C15H17Cl2NO2S. The van der Waals surface area contributed by atoms with E-state index in [4.69, 9.17) is 27.9 Å². The summed E-state index contributed by atoms with van der Waals surface area (Å²) < 4.78 is 5.48. The van der Waals surface area contributed by atoms with Crippen LogP contribution in [0.2, 0.25) is 10.0 Å². The highest BCUT2D eigenvalue weighted by atomic mass is 35.5. The largest absolute Gasteiger partial charge is 0.489 e. The monoisotopic (exact) mass is 345 g/mol. The molecule has 1 unspecified atom stereocenters. The van der Waals surface area contributed by atoms with Crippen LogP contribution in [-0.4, -0.2) is 30.9 Å². The SMILES string of the molecule is OC(CNCCc1ccsc1)COc1ccc(Cl)cc1Cl. The first-order chi connectivity index (χ1) is 10.1. The minimum Gasteiger partial charge on any atom is -0.489 e. The van der Waals surface area contributed by atoms with Gasteiger partial charge in [-0.2, -0.15) is 11.3 Å². The summed E-state index contributed by atoms with van der Waals surface area (Å²) >= 11 is 13.5. The zero-order valence-corrected chi connectivity index (χ0v) is 13.7. The van der Waals surface area contributed by atoms with Gasteiger partial charge in [0.05, 0.1) is 5.02 Å². The van der Waals surface area contributed by atoms with Crippen molar-refractivity contribution in [2.75, 3.05) is 19.7 Å². The van der Waals surface area contributed by atoms with Gasteiger partial charge in [0.15, 0.2) is 0 Å². The van der Waals surface area contributed by atoms with E-state index >= 15 is 0 Å². The van der Waals surface area contributed by atoms with Crippen LogP contribution in [0, 0.1) is 0 Å². The van der Waals surface area contributed by atoms with Crippen LogP contribution >= 0.6 is 34.5 Å². The summed E-state index contributed by atoms with van der Waals surface area (Å²) in [6, 6.07) is 7.12. The fraction of sp³-hybridized carbons (Fsp3) is 0.333. The molecular weight excluding hydrogens is 329 g/mol. The van der Waals surface area contributed by atoms with Crippen LogP contribution in [0.1, 0.15) is 5.56 Å². The normalized spacial score (nSPS) is 12.3. The molecule has 1 aromatic carbocycles. The molecule has 0 amide bonds. The molecule has 0 bridgehead atoms. The second-order valence-electron chi connectivity index (χ2n) is 4.63. The first-order valence-corrected chi connectivity index (χ1v) is 8.32. The van der Waals surface area contributed by atoms with Crippen molar-refractivity contribution < 1.29 is 9.84 Å². The van der Waals surface area contributed by atoms with Crippen molar-refractivity contribution in [3.05, 3.63) is 50.6 Å². The van der Waals surface area contributed by atoms with Gasteiger partial charge in [-0.05, 0) is 53.6 Å². The van der Waals surface area contributed by atoms with Crippen molar-refractivity contribution in [1.29, 1.82) is 0 Å². The Balaban J connectivity index is 1.64. The smallest absolute Gasteiger partial charge is 0.138 e. The molecule has 0 spiro atoms. The average molecular weight is 346 g/mol. The Morgan fingerprint density at radius 3 is 2.86 bits per heavy atom. The third kappa shape index (κ3) is 5.85. The van der Waals surface area contributed by atoms with Crippen molar-refractivity contribution in [3.8, 4) is 5.75 Å². The molecule has 21 heavy (non-hydrogen) atoms. The number of hydrogen-bond acceptors (Lipinski definition) is 4. The molecule has 0 aliphatic heterocycles. The summed E-state index contributed by atoms with van der Waals surface area (Å²) in [5.74, 6) is 0.526. The van der Waals surface area contributed by atoms with E-state index in [2.05, 4.69) is 22.1 Å². The van der Waals surface area contributed by atoms with E-state index in [1.165, 1.54) is 5.56 Å². The first kappa shape index (κ1) is 16.6. The Morgan fingerprint density at radius 2 is 2.14 bits per heavy atom. The van der Waals surface area contributed by atoms with Gasteiger partial charge in [0, 0.05) is 11.6 Å². The van der Waals surface area contributed by atoms with E-state index in [0.29, 0.717) is 22.3 Å². The molecule has 0 saturated heterocycles. The zero-order chi connectivity index (χ0) is 15.1. The van der Waals surface area contributed by atoms with E-state index in [9.17, 15) is 5.11 Å². The van der Waals surface area contributed by atoms with Gasteiger partial charge < -0.3 is 15.2 Å². The molecule has 1 heterocycles. The first-order valence-electron chi connectivity index (χ1n) is 6.63. The molecule has 1 aromatic heterocycles. The number of aliphatic hydroxyl groups excluding tert-OH is 1. The molecule has 6 heteroatoms. The number of thiophene rings is 1. The van der Waals surface area contributed by atoms with Crippen LogP contribution in [0.25, 0.3) is 0 Å². The molecule has 0 aliphatic rings. The van der Waals surface area contributed by atoms with Crippen LogP contribution in [0.5, 0.6) is 5.75 Å². The van der Waals surface area contributed by atoms with Gasteiger partial charge in [-0.15, -0.1) is 0 Å². The topological polar surface area (TPSA) is 41.5 Å². The summed E-state index contributed by atoms with van der Waals surface area (Å²) in [5.41, 5.74) is 1.31. The van der Waals surface area contributed by atoms with E-state index < -0.39 is 6.10 Å². The van der Waals surface area contributed by atoms with Crippen molar-refractivity contribution in [1.82, 2.24) is 5.32 Å². The summed E-state index contributed by atoms with van der Waals surface area (Å²) in [6.45, 7) is 1.50. The van der Waals surface area contributed by atoms with Gasteiger partial charge >= 0.3 is 0 Å². The highest BCUT2D eigenvalue weighted by molar-refractivity contribution is 7.07. The lowest BCUT2D eigenvalue weighted by atomic mass is 10.2. The molecule has 114 valence electrons. The number of halogens is 2. The Kier molecular flexibility index (Phi) is 6.80. The Bertz CT molecular complexity index is 549. The molecule has 2 rings (SSSR count). The fourth-order valence-corrected chi connectivity index (χ4v) is 2.94. The molecule has 1 atom stereocenters. The Morgan fingerprint density at radius 1 is 1.29 bits per heavy atom. The van der Waals surface area contributed by atoms with Gasteiger partial charge in [0.2, 0.25) is 0 Å². The third-order valence-corrected chi connectivity index (χ3v) is 4.14. The Hall–Kier alpha value is -0.780. The van der Waals surface area contributed by atoms with Gasteiger partial charge in [-0.3, -0.25) is 0 Å². The van der Waals surface area contributed by atoms with Crippen molar-refractivity contribution >= 4 is 34.5 Å². The standard InChI is InChI=1S/C15H17Cl2NO2S/c16-12-1-2-15(14(17)7-12)20-9-13(19)8-18-5-3-11-4-6-21-10-11/h1-2,4,6-7,10,13,18-19H,3,5,8-9H2. The van der Waals surface area contributed by atoms with Crippen LogP contribution < -0.4 is 10.1 Å². The summed E-state index contributed by atoms with van der Waals surface area (Å²) in [7, 11) is 0. The summed E-state index contributed by atoms with van der Waals surface area (Å²) in [6.07, 6.45) is 0.374. The molecule has 0 saturated carbocycles. The third-order valence-electron chi connectivity index (χ3n) is 2.88. The number of rotatable bonds is 8. The molecule has 0 radical (unpaired) electrons. The van der Waals surface area contributed by atoms with Crippen LogP contribution in [0.3, 0.4) is 0 Å². The lowest BCUT2D eigenvalue weighted by molar-refractivity contribution is 0.107. The number of ether oxygens (including phenoxy) is 1. The van der Waals surface area contributed by atoms with Gasteiger partial charge in [0.1, 0.15) is 18.5 Å². The lowest BCUT2D eigenvalue weighted by Crippen LogP contribution is -2.32. The second kappa shape index (κ2) is 8.61. The minimum atomic E-state index is -0.584. The molecule has 0 aliphatic carbocycles. The maximum Gasteiger partial charge on any atom is 0.138 e. The van der Waals surface area contributed by atoms with Crippen LogP contribution in [-0.2, 0) is 6.42 Å².